The summed E-state index contributed by atoms with van der Waals surface area (Å²) < 4.78 is 1.16. The van der Waals surface area contributed by atoms with E-state index in [1.54, 1.807) is 0 Å². The van der Waals surface area contributed by atoms with Crippen molar-refractivity contribution in [2.24, 2.45) is 0 Å². The molecule has 1 aromatic heterocycles. The molecule has 0 amide bonds. The molecule has 0 aliphatic heterocycles. The monoisotopic (exact) mass is 325 g/mol. The van der Waals surface area contributed by atoms with Crippen molar-refractivity contribution in [3.05, 3.63) is 69.8 Å². The van der Waals surface area contributed by atoms with Crippen LogP contribution in [-0.2, 0) is 6.42 Å². The summed E-state index contributed by atoms with van der Waals surface area (Å²) in [5.41, 5.74) is 5.64. The molecular formula is C18H16BrN. The third kappa shape index (κ3) is 1.90. The second-order valence-electron chi connectivity index (χ2n) is 5.56. The smallest absolute Gasteiger partial charge is 0.0459 e. The number of aryl methyl sites for hydroxylation is 1. The first-order valence-corrected chi connectivity index (χ1v) is 7.97. The lowest BCUT2D eigenvalue weighted by atomic mass is 9.82. The first kappa shape index (κ1) is 12.2. The summed E-state index contributed by atoms with van der Waals surface area (Å²) in [5, 5.41) is 1.38. The number of fused-ring (bicyclic) bond motifs is 3. The molecule has 0 spiro atoms. The number of rotatable bonds is 1. The molecule has 1 nitrogen and oxygen atoms in total. The zero-order valence-corrected chi connectivity index (χ0v) is 12.8. The molecule has 20 heavy (non-hydrogen) atoms. The highest BCUT2D eigenvalue weighted by atomic mass is 79.9. The van der Waals surface area contributed by atoms with E-state index in [0.717, 1.165) is 4.47 Å². The van der Waals surface area contributed by atoms with Crippen LogP contribution in [0.25, 0.3) is 10.9 Å². The Labute approximate surface area is 127 Å². The quantitative estimate of drug-likeness (QED) is 0.616. The van der Waals surface area contributed by atoms with Crippen molar-refractivity contribution >= 4 is 26.8 Å². The van der Waals surface area contributed by atoms with Gasteiger partial charge in [-0.2, -0.15) is 0 Å². The summed E-state index contributed by atoms with van der Waals surface area (Å²) in [6.07, 6.45) is 3.70. The van der Waals surface area contributed by atoms with E-state index < -0.39 is 0 Å². The Morgan fingerprint density at radius 1 is 1.05 bits per heavy atom. The van der Waals surface area contributed by atoms with E-state index in [-0.39, 0.29) is 0 Å². The van der Waals surface area contributed by atoms with E-state index in [0.29, 0.717) is 5.92 Å². The van der Waals surface area contributed by atoms with Gasteiger partial charge in [0.15, 0.2) is 0 Å². The Balaban J connectivity index is 1.91. The van der Waals surface area contributed by atoms with E-state index in [1.165, 1.54) is 47.0 Å². The van der Waals surface area contributed by atoms with Crippen molar-refractivity contribution in [1.29, 1.82) is 0 Å². The number of H-pyrrole nitrogens is 1. The van der Waals surface area contributed by atoms with E-state index >= 15 is 0 Å². The predicted molar refractivity (Wildman–Crippen MR) is 87.2 cm³/mol. The summed E-state index contributed by atoms with van der Waals surface area (Å²) in [5.74, 6) is 0.520. The predicted octanol–water partition coefficient (Wildman–Crippen LogP) is 5.40. The Morgan fingerprint density at radius 3 is 2.75 bits per heavy atom. The van der Waals surface area contributed by atoms with Crippen molar-refractivity contribution < 1.29 is 0 Å². The fourth-order valence-corrected chi connectivity index (χ4v) is 3.81. The van der Waals surface area contributed by atoms with Crippen LogP contribution in [0.2, 0.25) is 0 Å². The van der Waals surface area contributed by atoms with E-state index in [1.807, 2.05) is 0 Å². The molecule has 0 saturated carbocycles. The second-order valence-corrected chi connectivity index (χ2v) is 6.48. The topological polar surface area (TPSA) is 15.8 Å². The molecule has 1 atom stereocenters. The zero-order valence-electron chi connectivity index (χ0n) is 11.2. The number of nitrogens with one attached hydrogen (secondary N) is 1. The lowest BCUT2D eigenvalue weighted by Crippen LogP contribution is -2.10. The molecule has 1 heterocycles. The summed E-state index contributed by atoms with van der Waals surface area (Å²) in [6.45, 7) is 0. The lowest BCUT2D eigenvalue weighted by molar-refractivity contribution is 0.608. The number of aromatic amines is 1. The zero-order chi connectivity index (χ0) is 13.5. The molecule has 3 aromatic rings. The first-order valence-electron chi connectivity index (χ1n) is 7.18. The van der Waals surface area contributed by atoms with Crippen molar-refractivity contribution in [3.8, 4) is 0 Å². The third-order valence-corrected chi connectivity index (χ3v) is 4.86. The van der Waals surface area contributed by atoms with Crippen LogP contribution in [0.1, 0.15) is 35.6 Å². The van der Waals surface area contributed by atoms with E-state index in [4.69, 9.17) is 0 Å². The third-order valence-electron chi connectivity index (χ3n) is 4.37. The van der Waals surface area contributed by atoms with Crippen LogP contribution in [0.5, 0.6) is 0 Å². The van der Waals surface area contributed by atoms with Crippen LogP contribution in [0, 0.1) is 0 Å². The van der Waals surface area contributed by atoms with Gasteiger partial charge in [0, 0.05) is 27.0 Å². The first-order chi connectivity index (χ1) is 9.83. The molecule has 0 radical (unpaired) electrons. The number of hydrogen-bond donors (Lipinski definition) is 1. The van der Waals surface area contributed by atoms with Crippen molar-refractivity contribution in [2.75, 3.05) is 0 Å². The van der Waals surface area contributed by atoms with Gasteiger partial charge in [0.25, 0.3) is 0 Å². The Bertz CT molecular complexity index is 758. The number of aromatic nitrogens is 1. The fourth-order valence-electron chi connectivity index (χ4n) is 3.45. The minimum atomic E-state index is 0.520. The van der Waals surface area contributed by atoms with Crippen LogP contribution in [0.15, 0.2) is 53.0 Å². The Kier molecular flexibility index (Phi) is 2.92. The maximum atomic E-state index is 3.67. The molecule has 1 aliphatic carbocycles. The summed E-state index contributed by atoms with van der Waals surface area (Å²) >= 11 is 3.59. The number of benzene rings is 2. The van der Waals surface area contributed by atoms with Gasteiger partial charge in [-0.3, -0.25) is 0 Å². The lowest BCUT2D eigenvalue weighted by Gasteiger charge is -2.23. The highest BCUT2D eigenvalue weighted by molar-refractivity contribution is 9.10. The molecular weight excluding hydrogens is 310 g/mol. The van der Waals surface area contributed by atoms with Crippen molar-refractivity contribution in [3.63, 3.8) is 0 Å². The minimum Gasteiger partial charge on any atom is -0.358 e. The summed E-state index contributed by atoms with van der Waals surface area (Å²) in [7, 11) is 0. The minimum absolute atomic E-state index is 0.520. The molecule has 2 heteroatoms. The van der Waals surface area contributed by atoms with Gasteiger partial charge < -0.3 is 4.98 Å². The molecule has 0 fully saturated rings. The standard InChI is InChI=1S/C18H16BrN/c19-13-9-10-17-16(11-13)15-8-4-7-14(18(15)20-17)12-5-2-1-3-6-12/h1-3,5-6,9-11,14,20H,4,7-8H2. The largest absolute Gasteiger partial charge is 0.358 e. The van der Waals surface area contributed by atoms with Gasteiger partial charge in [0.2, 0.25) is 0 Å². The molecule has 0 saturated heterocycles. The van der Waals surface area contributed by atoms with Gasteiger partial charge in [-0.15, -0.1) is 0 Å². The van der Waals surface area contributed by atoms with Gasteiger partial charge in [-0.25, -0.2) is 0 Å². The highest BCUT2D eigenvalue weighted by Gasteiger charge is 2.25. The second kappa shape index (κ2) is 4.78. The maximum Gasteiger partial charge on any atom is 0.0459 e. The van der Waals surface area contributed by atoms with Crippen molar-refractivity contribution in [2.45, 2.75) is 25.2 Å². The SMILES string of the molecule is Brc1ccc2[nH]c3c(c2c1)CCCC3c1ccccc1. The van der Waals surface area contributed by atoms with Crippen LogP contribution in [0.3, 0.4) is 0 Å². The highest BCUT2D eigenvalue weighted by Crippen LogP contribution is 2.40. The normalized spacial score (nSPS) is 18.1. The molecule has 4 rings (SSSR count). The fraction of sp³-hybridized carbons (Fsp3) is 0.222. The van der Waals surface area contributed by atoms with Crippen LogP contribution in [-0.4, -0.2) is 4.98 Å². The molecule has 100 valence electrons. The van der Waals surface area contributed by atoms with Gasteiger partial charge in [0.05, 0.1) is 0 Å². The average Bonchev–Trinajstić information content (AvgIpc) is 2.86. The van der Waals surface area contributed by atoms with Crippen LogP contribution >= 0.6 is 15.9 Å². The van der Waals surface area contributed by atoms with Gasteiger partial charge in [-0.1, -0.05) is 46.3 Å². The van der Waals surface area contributed by atoms with Crippen LogP contribution < -0.4 is 0 Å². The number of halogens is 1. The van der Waals surface area contributed by atoms with Gasteiger partial charge >= 0.3 is 0 Å². The Morgan fingerprint density at radius 2 is 1.90 bits per heavy atom. The average molecular weight is 326 g/mol. The maximum absolute atomic E-state index is 3.67. The van der Waals surface area contributed by atoms with Gasteiger partial charge in [-0.05, 0) is 48.6 Å². The van der Waals surface area contributed by atoms with Crippen LogP contribution in [0.4, 0.5) is 0 Å². The Hall–Kier alpha value is -1.54. The molecule has 1 aliphatic rings. The molecule has 2 aromatic carbocycles. The summed E-state index contributed by atoms with van der Waals surface area (Å²) in [4.78, 5) is 3.67. The molecule has 0 bridgehead atoms. The van der Waals surface area contributed by atoms with Gasteiger partial charge in [0.1, 0.15) is 0 Å². The number of hydrogen-bond acceptors (Lipinski definition) is 0. The summed E-state index contributed by atoms with van der Waals surface area (Å²) in [6, 6.07) is 17.4. The molecule has 1 unspecified atom stereocenters. The van der Waals surface area contributed by atoms with E-state index in [9.17, 15) is 0 Å². The van der Waals surface area contributed by atoms with E-state index in [2.05, 4.69) is 69.4 Å². The van der Waals surface area contributed by atoms with Crippen molar-refractivity contribution in [1.82, 2.24) is 4.98 Å². The molecule has 1 N–H and O–H groups in total.